The Morgan fingerprint density at radius 1 is 1.43 bits per heavy atom. The van der Waals surface area contributed by atoms with Crippen LogP contribution in [0.25, 0.3) is 0 Å². The Morgan fingerprint density at radius 3 is 2.76 bits per heavy atom. The van der Waals surface area contributed by atoms with E-state index in [2.05, 4.69) is 10.6 Å². The van der Waals surface area contributed by atoms with Crippen LogP contribution in [0.15, 0.2) is 6.33 Å². The standard InChI is InChI=1S/C11H17N5O5/c1-15-3-16(8-5(15)9(20)14-11(12)13-8)10-7(19)6(18)4(2-17)21-10/h3-4,6-7,10-11,17-19H,2,12H2,1H3,(H-,13,14,20)/p+1/t4-,6?,7+,10-,11?/m1/s1. The summed E-state index contributed by atoms with van der Waals surface area (Å²) in [5.74, 6) is 0.0211. The molecule has 0 radical (unpaired) electrons. The lowest BCUT2D eigenvalue weighted by Gasteiger charge is -2.20. The molecule has 0 aliphatic carbocycles. The predicted molar refractivity (Wildman–Crippen MR) is 67.7 cm³/mol. The zero-order valence-electron chi connectivity index (χ0n) is 11.3. The van der Waals surface area contributed by atoms with Crippen LogP contribution in [-0.2, 0) is 11.8 Å². The van der Waals surface area contributed by atoms with Crippen molar-refractivity contribution in [2.45, 2.75) is 30.8 Å². The first-order chi connectivity index (χ1) is 9.93. The van der Waals surface area contributed by atoms with Gasteiger partial charge in [0.05, 0.1) is 13.7 Å². The van der Waals surface area contributed by atoms with Crippen molar-refractivity contribution in [1.29, 1.82) is 0 Å². The molecule has 5 atom stereocenters. The van der Waals surface area contributed by atoms with Crippen LogP contribution in [0.1, 0.15) is 16.7 Å². The van der Waals surface area contributed by atoms with E-state index in [0.29, 0.717) is 11.5 Å². The average Bonchev–Trinajstić information content (AvgIpc) is 2.89. The fourth-order valence-corrected chi connectivity index (χ4v) is 2.70. The quantitative estimate of drug-likeness (QED) is 0.308. The van der Waals surface area contributed by atoms with E-state index in [0.717, 1.165) is 0 Å². The molecule has 1 amide bonds. The second-order valence-corrected chi connectivity index (χ2v) is 5.16. The number of fused-ring (bicyclic) bond motifs is 1. The van der Waals surface area contributed by atoms with E-state index in [1.165, 1.54) is 4.57 Å². The topological polar surface area (TPSA) is 146 Å². The molecule has 2 unspecified atom stereocenters. The number of aliphatic hydroxyl groups is 3. The number of aromatic nitrogens is 2. The van der Waals surface area contributed by atoms with Gasteiger partial charge in [0.1, 0.15) is 18.3 Å². The molecule has 1 aromatic heterocycles. The summed E-state index contributed by atoms with van der Waals surface area (Å²) < 4.78 is 8.50. The maximum absolute atomic E-state index is 12.0. The van der Waals surface area contributed by atoms with Gasteiger partial charge >= 0.3 is 0 Å². The van der Waals surface area contributed by atoms with E-state index in [9.17, 15) is 15.0 Å². The van der Waals surface area contributed by atoms with Crippen LogP contribution in [0.3, 0.4) is 0 Å². The largest absolute Gasteiger partial charge is 0.394 e. The molecular weight excluding hydrogens is 282 g/mol. The maximum Gasteiger partial charge on any atom is 0.293 e. The summed E-state index contributed by atoms with van der Waals surface area (Å²) in [5, 5.41) is 34.4. The molecule has 1 aromatic rings. The molecule has 1 fully saturated rings. The predicted octanol–water partition coefficient (Wildman–Crippen LogP) is -3.68. The minimum atomic E-state index is -1.23. The lowest BCUT2D eigenvalue weighted by atomic mass is 10.1. The van der Waals surface area contributed by atoms with Crippen molar-refractivity contribution in [2.24, 2.45) is 12.8 Å². The van der Waals surface area contributed by atoms with Gasteiger partial charge in [-0.15, -0.1) is 0 Å². The van der Waals surface area contributed by atoms with E-state index < -0.39 is 37.4 Å². The van der Waals surface area contributed by atoms with Gasteiger partial charge in [-0.2, -0.15) is 0 Å². The molecule has 3 heterocycles. The molecule has 3 rings (SSSR count). The lowest BCUT2D eigenvalue weighted by Crippen LogP contribution is -2.55. The molecule has 0 spiro atoms. The molecule has 10 heteroatoms. The van der Waals surface area contributed by atoms with Crippen LogP contribution < -0.4 is 20.9 Å². The van der Waals surface area contributed by atoms with E-state index in [1.54, 1.807) is 17.9 Å². The number of imidazole rings is 1. The zero-order chi connectivity index (χ0) is 15.3. The molecule has 0 saturated carbocycles. The van der Waals surface area contributed by atoms with Gasteiger partial charge in [0, 0.05) is 0 Å². The fourth-order valence-electron chi connectivity index (χ4n) is 2.70. The third kappa shape index (κ3) is 2.08. The van der Waals surface area contributed by atoms with Gasteiger partial charge in [0.15, 0.2) is 12.6 Å². The summed E-state index contributed by atoms with van der Waals surface area (Å²) in [5.41, 5.74) is 6.00. The highest BCUT2D eigenvalue weighted by Gasteiger charge is 2.48. The number of amides is 1. The summed E-state index contributed by atoms with van der Waals surface area (Å²) in [6, 6.07) is 0. The maximum atomic E-state index is 12.0. The number of carbonyl (C=O) groups excluding carboxylic acids is 1. The smallest absolute Gasteiger partial charge is 0.293 e. The molecule has 1 saturated heterocycles. The molecule has 21 heavy (non-hydrogen) atoms. The lowest BCUT2D eigenvalue weighted by molar-refractivity contribution is -0.753. The molecule has 0 aromatic carbocycles. The highest BCUT2D eigenvalue weighted by molar-refractivity contribution is 5.98. The van der Waals surface area contributed by atoms with Crippen molar-refractivity contribution in [3.8, 4) is 0 Å². The first-order valence-electron chi connectivity index (χ1n) is 6.50. The first kappa shape index (κ1) is 14.2. The molecule has 10 nitrogen and oxygen atoms in total. The number of rotatable bonds is 2. The summed E-state index contributed by atoms with van der Waals surface area (Å²) in [7, 11) is 1.66. The van der Waals surface area contributed by atoms with Gasteiger partial charge in [-0.1, -0.05) is 0 Å². The number of carbonyl (C=O) groups is 1. The number of anilines is 1. The van der Waals surface area contributed by atoms with Crippen LogP contribution >= 0.6 is 0 Å². The van der Waals surface area contributed by atoms with Gasteiger partial charge in [-0.25, -0.2) is 4.57 Å². The minimum Gasteiger partial charge on any atom is -0.394 e. The minimum absolute atomic E-state index is 0.328. The van der Waals surface area contributed by atoms with Crippen LogP contribution in [0.4, 0.5) is 5.82 Å². The van der Waals surface area contributed by atoms with Gasteiger partial charge < -0.3 is 25.4 Å². The highest BCUT2D eigenvalue weighted by Crippen LogP contribution is 2.28. The van der Waals surface area contributed by atoms with Crippen LogP contribution in [0.5, 0.6) is 0 Å². The third-order valence-electron chi connectivity index (χ3n) is 3.72. The zero-order valence-corrected chi connectivity index (χ0v) is 11.3. The molecule has 2 aliphatic heterocycles. The normalized spacial score (nSPS) is 35.3. The van der Waals surface area contributed by atoms with Crippen LogP contribution in [-0.4, -0.2) is 57.0 Å². The Bertz CT molecular complexity index is 576. The number of ether oxygens (including phenoxy) is 1. The molecule has 2 aliphatic rings. The second-order valence-electron chi connectivity index (χ2n) is 5.16. The van der Waals surface area contributed by atoms with Crippen LogP contribution in [0.2, 0.25) is 0 Å². The van der Waals surface area contributed by atoms with E-state index in [1.807, 2.05) is 0 Å². The van der Waals surface area contributed by atoms with E-state index in [4.69, 9.17) is 15.6 Å². The summed E-state index contributed by atoms with van der Waals surface area (Å²) in [4.78, 5) is 12.0. The van der Waals surface area contributed by atoms with Crippen molar-refractivity contribution in [3.05, 3.63) is 12.0 Å². The van der Waals surface area contributed by atoms with E-state index >= 15 is 0 Å². The first-order valence-corrected chi connectivity index (χ1v) is 6.50. The Morgan fingerprint density at radius 2 is 2.14 bits per heavy atom. The van der Waals surface area contributed by atoms with Crippen molar-refractivity contribution in [2.75, 3.05) is 11.9 Å². The second kappa shape index (κ2) is 4.93. The number of nitrogens with zero attached hydrogens (tertiary/aromatic N) is 2. The Labute approximate surface area is 119 Å². The number of aryl methyl sites for hydroxylation is 1. The monoisotopic (exact) mass is 300 g/mol. The Balaban J connectivity index is 2.01. The average molecular weight is 300 g/mol. The summed E-state index contributed by atoms with van der Waals surface area (Å²) >= 11 is 0. The van der Waals surface area contributed by atoms with Crippen molar-refractivity contribution < 1.29 is 29.4 Å². The van der Waals surface area contributed by atoms with Crippen molar-refractivity contribution in [1.82, 2.24) is 9.88 Å². The van der Waals surface area contributed by atoms with Gasteiger partial charge in [-0.3, -0.25) is 20.4 Å². The van der Waals surface area contributed by atoms with Gasteiger partial charge in [0.2, 0.25) is 11.9 Å². The number of hydrogen-bond acceptors (Lipinski definition) is 7. The summed E-state index contributed by atoms with van der Waals surface area (Å²) in [6.45, 7) is -0.419. The SMILES string of the molecule is Cn1c[n+]([C@@H]2O[C@H](CO)C(O)[C@@H]2O)c2c1C(=O)NC(N)N2. The van der Waals surface area contributed by atoms with E-state index in [-0.39, 0.29) is 5.91 Å². The molecule has 116 valence electrons. The number of nitrogens with one attached hydrogen (secondary N) is 2. The van der Waals surface area contributed by atoms with Crippen molar-refractivity contribution in [3.63, 3.8) is 0 Å². The number of nitrogens with two attached hydrogens (primary N) is 1. The number of hydrogen-bond donors (Lipinski definition) is 6. The Hall–Kier alpha value is -1.72. The van der Waals surface area contributed by atoms with Crippen molar-refractivity contribution >= 4 is 11.7 Å². The number of aliphatic hydroxyl groups excluding tert-OH is 3. The highest BCUT2D eigenvalue weighted by atomic mass is 16.6. The van der Waals surface area contributed by atoms with Gasteiger partial charge in [0.25, 0.3) is 11.7 Å². The van der Waals surface area contributed by atoms with Gasteiger partial charge in [-0.05, 0) is 0 Å². The fraction of sp³-hybridized carbons (Fsp3) is 0.636. The summed E-state index contributed by atoms with van der Waals surface area (Å²) in [6.07, 6.45) is -3.49. The molecule has 0 bridgehead atoms. The molecule has 7 N–H and O–H groups in total. The molecular formula is C11H18N5O5+. The Kier molecular flexibility index (Phi) is 3.34. The van der Waals surface area contributed by atoms with Crippen LogP contribution in [0, 0.1) is 0 Å². The third-order valence-corrected chi connectivity index (χ3v) is 3.72.